The number of ketones is 1. The zero-order chi connectivity index (χ0) is 22.9. The second-order valence-corrected chi connectivity index (χ2v) is 8.07. The minimum Gasteiger partial charge on any atom is -0.481 e. The van der Waals surface area contributed by atoms with E-state index in [4.69, 9.17) is 9.47 Å². The third-order valence-electron chi connectivity index (χ3n) is 5.73. The number of nitrogens with zero attached hydrogens (tertiary/aromatic N) is 2. The van der Waals surface area contributed by atoms with Crippen LogP contribution in [-0.4, -0.2) is 40.5 Å². The Morgan fingerprint density at radius 3 is 2.58 bits per heavy atom. The van der Waals surface area contributed by atoms with Crippen LogP contribution in [0.1, 0.15) is 61.8 Å². The summed E-state index contributed by atoms with van der Waals surface area (Å²) in [5.74, 6) is -1.25. The predicted octanol–water partition coefficient (Wildman–Crippen LogP) is 4.16. The molecule has 0 radical (unpaired) electrons. The van der Waals surface area contributed by atoms with Crippen LogP contribution in [0.3, 0.4) is 0 Å². The Morgan fingerprint density at radius 2 is 1.97 bits per heavy atom. The number of methoxy groups -OCH3 is 1. The highest BCUT2D eigenvalue weighted by Crippen LogP contribution is 2.48. The molecule has 9 heteroatoms. The first-order chi connectivity index (χ1) is 14.5. The highest BCUT2D eigenvalue weighted by molar-refractivity contribution is 5.97. The Hall–Kier alpha value is -2.94. The average molecular weight is 433 g/mol. The van der Waals surface area contributed by atoms with Gasteiger partial charge in [0.1, 0.15) is 17.5 Å². The molecule has 1 N–H and O–H groups in total. The number of carbonyl (C=O) groups is 2. The summed E-state index contributed by atoms with van der Waals surface area (Å²) in [6.07, 6.45) is -2.23. The number of anilines is 1. The molecule has 31 heavy (non-hydrogen) atoms. The molecule has 0 saturated carbocycles. The number of rotatable bonds is 6. The third-order valence-corrected chi connectivity index (χ3v) is 5.73. The number of amides is 1. The lowest BCUT2D eigenvalue weighted by molar-refractivity contribution is -0.131. The minimum absolute atomic E-state index is 0.0385. The van der Waals surface area contributed by atoms with Gasteiger partial charge in [0, 0.05) is 30.3 Å². The Kier molecular flexibility index (Phi) is 6.35. The van der Waals surface area contributed by atoms with E-state index in [1.54, 1.807) is 6.07 Å². The van der Waals surface area contributed by atoms with Crippen LogP contribution in [0, 0.1) is 5.92 Å². The first-order valence-electron chi connectivity index (χ1n) is 9.83. The van der Waals surface area contributed by atoms with Crippen LogP contribution in [0.15, 0.2) is 30.5 Å². The topological polar surface area (TPSA) is 90.4 Å². The zero-order valence-electron chi connectivity index (χ0n) is 18.0. The van der Waals surface area contributed by atoms with E-state index in [0.717, 1.165) is 0 Å². The molecule has 1 amide bonds. The van der Waals surface area contributed by atoms with E-state index >= 15 is 0 Å². The molecule has 166 valence electrons. The highest BCUT2D eigenvalue weighted by Gasteiger charge is 2.51. The Bertz CT molecular complexity index is 996. The Morgan fingerprint density at radius 1 is 1.26 bits per heavy atom. The molecule has 0 aliphatic carbocycles. The summed E-state index contributed by atoms with van der Waals surface area (Å²) in [5.41, 5.74) is 0.0825. The van der Waals surface area contributed by atoms with E-state index in [2.05, 4.69) is 15.3 Å². The van der Waals surface area contributed by atoms with E-state index in [0.29, 0.717) is 11.3 Å². The fraction of sp³-hybridized carbons (Fsp3) is 0.455. The normalized spacial score (nSPS) is 22.4. The standard InChI is InChI=1S/C22H25F2N3O4/c1-11-17(14-6-7-15(19(23)24)27-21(14)30-5)18(31-22(11,3)4)20(29)26-13-8-9-25-16(10-13)12(2)28/h6-11,17-19H,1-5H3,(H,25,26,29)/t11-,17-,18+/m0/s1. The van der Waals surface area contributed by atoms with Gasteiger partial charge in [-0.15, -0.1) is 0 Å². The van der Waals surface area contributed by atoms with E-state index in [9.17, 15) is 18.4 Å². The SMILES string of the molecule is COc1nc(C(F)F)ccc1[C@H]1[C@H](C(=O)Nc2ccnc(C(C)=O)c2)OC(C)(C)[C@H]1C. The lowest BCUT2D eigenvalue weighted by Crippen LogP contribution is -2.33. The van der Waals surface area contributed by atoms with Crippen LogP contribution in [0.2, 0.25) is 0 Å². The number of carbonyl (C=O) groups excluding carboxylic acids is 2. The Balaban J connectivity index is 1.96. The molecule has 1 aliphatic rings. The maximum atomic E-state index is 13.2. The molecule has 0 aromatic carbocycles. The van der Waals surface area contributed by atoms with Gasteiger partial charge in [-0.3, -0.25) is 14.6 Å². The summed E-state index contributed by atoms with van der Waals surface area (Å²) in [6, 6.07) is 5.80. The molecular formula is C22H25F2N3O4. The molecule has 2 aromatic rings. The number of nitrogens with one attached hydrogen (secondary N) is 1. The molecule has 0 unspecified atom stereocenters. The number of Topliss-reactive ketones (excluding diaryl/α,β-unsaturated/α-hetero) is 1. The number of alkyl halides is 2. The monoisotopic (exact) mass is 433 g/mol. The molecule has 2 aromatic heterocycles. The van der Waals surface area contributed by atoms with E-state index < -0.39 is 35.6 Å². The summed E-state index contributed by atoms with van der Waals surface area (Å²) >= 11 is 0. The summed E-state index contributed by atoms with van der Waals surface area (Å²) in [7, 11) is 1.35. The molecule has 7 nitrogen and oxygen atoms in total. The van der Waals surface area contributed by atoms with Crippen molar-refractivity contribution < 1.29 is 27.8 Å². The van der Waals surface area contributed by atoms with Crippen molar-refractivity contribution in [3.8, 4) is 5.88 Å². The van der Waals surface area contributed by atoms with Crippen LogP contribution in [0.5, 0.6) is 5.88 Å². The fourth-order valence-corrected chi connectivity index (χ4v) is 3.77. The molecular weight excluding hydrogens is 408 g/mol. The lowest BCUT2D eigenvalue weighted by Gasteiger charge is -2.25. The van der Waals surface area contributed by atoms with Crippen LogP contribution < -0.4 is 10.1 Å². The largest absolute Gasteiger partial charge is 0.481 e. The molecule has 1 fully saturated rings. The van der Waals surface area contributed by atoms with Crippen LogP contribution in [0.25, 0.3) is 0 Å². The fourth-order valence-electron chi connectivity index (χ4n) is 3.77. The molecule has 3 heterocycles. The van der Waals surface area contributed by atoms with E-state index in [1.165, 1.54) is 38.4 Å². The summed E-state index contributed by atoms with van der Waals surface area (Å²) in [6.45, 7) is 7.05. The number of aromatic nitrogens is 2. The smallest absolute Gasteiger partial charge is 0.280 e. The summed E-state index contributed by atoms with van der Waals surface area (Å²) in [4.78, 5) is 32.6. The van der Waals surface area contributed by atoms with Crippen molar-refractivity contribution in [2.24, 2.45) is 5.92 Å². The quantitative estimate of drug-likeness (QED) is 0.688. The van der Waals surface area contributed by atoms with Crippen molar-refractivity contribution in [1.82, 2.24) is 9.97 Å². The zero-order valence-corrected chi connectivity index (χ0v) is 18.0. The summed E-state index contributed by atoms with van der Waals surface area (Å²) in [5, 5.41) is 2.77. The average Bonchev–Trinajstić information content (AvgIpc) is 2.97. The number of hydrogen-bond donors (Lipinski definition) is 1. The predicted molar refractivity (Wildman–Crippen MR) is 109 cm³/mol. The van der Waals surface area contributed by atoms with Crippen molar-refractivity contribution in [3.63, 3.8) is 0 Å². The number of ether oxygens (including phenoxy) is 2. The molecule has 1 saturated heterocycles. The van der Waals surface area contributed by atoms with Gasteiger partial charge in [-0.25, -0.2) is 13.8 Å². The van der Waals surface area contributed by atoms with Gasteiger partial charge < -0.3 is 14.8 Å². The van der Waals surface area contributed by atoms with Gasteiger partial charge in [-0.05, 0) is 38.0 Å². The minimum atomic E-state index is -2.74. The van der Waals surface area contributed by atoms with Crippen LogP contribution >= 0.6 is 0 Å². The van der Waals surface area contributed by atoms with Crippen molar-refractivity contribution in [1.29, 1.82) is 0 Å². The van der Waals surface area contributed by atoms with Crippen molar-refractivity contribution in [2.45, 2.75) is 51.7 Å². The van der Waals surface area contributed by atoms with Gasteiger partial charge in [0.25, 0.3) is 12.3 Å². The van der Waals surface area contributed by atoms with Crippen molar-refractivity contribution >= 4 is 17.4 Å². The van der Waals surface area contributed by atoms with E-state index in [-0.39, 0.29) is 23.3 Å². The van der Waals surface area contributed by atoms with Gasteiger partial charge >= 0.3 is 0 Å². The van der Waals surface area contributed by atoms with Gasteiger partial charge in [-0.2, -0.15) is 0 Å². The highest BCUT2D eigenvalue weighted by atomic mass is 19.3. The molecule has 1 aliphatic heterocycles. The molecule has 3 atom stereocenters. The molecule has 3 rings (SSSR count). The van der Waals surface area contributed by atoms with Crippen LogP contribution in [0.4, 0.5) is 14.5 Å². The number of pyridine rings is 2. The van der Waals surface area contributed by atoms with Gasteiger partial charge in [0.05, 0.1) is 12.7 Å². The summed E-state index contributed by atoms with van der Waals surface area (Å²) < 4.78 is 37.6. The van der Waals surface area contributed by atoms with Gasteiger partial charge in [0.2, 0.25) is 5.88 Å². The molecule has 0 bridgehead atoms. The maximum absolute atomic E-state index is 13.2. The second-order valence-electron chi connectivity index (χ2n) is 8.07. The third kappa shape index (κ3) is 4.56. The van der Waals surface area contributed by atoms with Gasteiger partial charge in [0.15, 0.2) is 5.78 Å². The second kappa shape index (κ2) is 8.66. The van der Waals surface area contributed by atoms with Crippen LogP contribution in [-0.2, 0) is 9.53 Å². The first-order valence-corrected chi connectivity index (χ1v) is 9.83. The van der Waals surface area contributed by atoms with Crippen molar-refractivity contribution in [3.05, 3.63) is 47.4 Å². The van der Waals surface area contributed by atoms with Gasteiger partial charge in [-0.1, -0.05) is 13.0 Å². The Labute approximate surface area is 179 Å². The lowest BCUT2D eigenvalue weighted by atomic mass is 9.78. The van der Waals surface area contributed by atoms with Crippen molar-refractivity contribution in [2.75, 3.05) is 12.4 Å². The maximum Gasteiger partial charge on any atom is 0.280 e. The molecule has 0 spiro atoms. The number of halogens is 2. The number of hydrogen-bond acceptors (Lipinski definition) is 6. The first kappa shape index (κ1) is 22.7. The van der Waals surface area contributed by atoms with E-state index in [1.807, 2.05) is 20.8 Å².